The number of aliphatic hydroxyl groups is 1. The van der Waals surface area contributed by atoms with Gasteiger partial charge in [-0.05, 0) is 31.0 Å². The molecule has 0 bridgehead atoms. The zero-order valence-corrected chi connectivity index (χ0v) is 24.4. The fourth-order valence-electron chi connectivity index (χ4n) is 4.65. The van der Waals surface area contributed by atoms with Crippen molar-refractivity contribution in [2.24, 2.45) is 5.92 Å². The van der Waals surface area contributed by atoms with E-state index in [1.165, 1.54) is 57.4 Å². The molecule has 0 radical (unpaired) electrons. The van der Waals surface area contributed by atoms with Gasteiger partial charge in [-0.3, -0.25) is 14.4 Å². The van der Waals surface area contributed by atoms with Crippen LogP contribution in [0.5, 0.6) is 0 Å². The zero-order chi connectivity index (χ0) is 28.6. The summed E-state index contributed by atoms with van der Waals surface area (Å²) in [5.41, 5.74) is 4.45. The van der Waals surface area contributed by atoms with Gasteiger partial charge in [0.1, 0.15) is 0 Å². The van der Waals surface area contributed by atoms with Gasteiger partial charge in [-0.1, -0.05) is 84.1 Å². The number of ketones is 2. The molecule has 2 aromatic rings. The summed E-state index contributed by atoms with van der Waals surface area (Å²) in [6.45, 7) is -0.652. The van der Waals surface area contributed by atoms with E-state index >= 15 is 0 Å². The predicted molar refractivity (Wildman–Crippen MR) is 162 cm³/mol. The van der Waals surface area contributed by atoms with Gasteiger partial charge in [0.25, 0.3) is 0 Å². The molecular weight excluding hydrogens is 580 g/mol. The Labute approximate surface area is 259 Å². The van der Waals surface area contributed by atoms with Crippen LogP contribution >= 0.6 is 0 Å². The first-order valence-corrected chi connectivity index (χ1v) is 13.8. The van der Waals surface area contributed by atoms with E-state index in [4.69, 9.17) is 9.84 Å². The van der Waals surface area contributed by atoms with Crippen LogP contribution in [0, 0.1) is 13.3 Å². The number of carbonyl (C=O) groups is 4. The monoisotopic (exact) mass is 627 g/mol. The number of fused-ring (bicyclic) bond motifs is 2. The molecule has 0 aliphatic heterocycles. The third-order valence-corrected chi connectivity index (χ3v) is 6.61. The van der Waals surface area contributed by atoms with Crippen molar-refractivity contribution in [3.05, 3.63) is 77.7 Å². The number of benzene rings is 2. The Bertz CT molecular complexity index is 1110. The van der Waals surface area contributed by atoms with Crippen molar-refractivity contribution in [2.75, 3.05) is 20.7 Å². The number of hydrogen-bond acceptors (Lipinski definition) is 8. The summed E-state index contributed by atoms with van der Waals surface area (Å²) < 4.78 is 14.0. The van der Waals surface area contributed by atoms with E-state index in [-0.39, 0.29) is 63.7 Å². The number of ether oxygens (including phenoxy) is 3. The van der Waals surface area contributed by atoms with Crippen molar-refractivity contribution in [1.82, 2.24) is 0 Å². The number of rotatable bonds is 5. The Morgan fingerprint density at radius 3 is 1.76 bits per heavy atom. The standard InChI is InChI=1S/C17H12O5.C7H12O3.C5H10.2CH4.CH3.CH2.Fe/c1-21-9-22-17(20)10-6-7-13-14(8-10)16(19)12-5-3-2-4-11(12)15(13)18;8-5-10-7(9)6-3-1-2-4-6;1-2-4-5-3-1;;;;;/h2-8H,9H2,1H3;6,8H,1-5H2;1-5H2;2*1H4;1H3;1H2;/q;;;;;-1;;+1. The van der Waals surface area contributed by atoms with Crippen LogP contribution in [-0.4, -0.2) is 54.7 Å². The SMILES string of the molecule is C.C.C1CCCC1.COCOC(=O)c1ccc2c(c1)C(=O)c1ccccc1C2=O.O=C(OCO)C1CCCC1.[CH2]=[Fe+].[CH3-]. The molecule has 1 N–H and O–H groups in total. The first-order chi connectivity index (χ1) is 19.0. The zero-order valence-electron chi connectivity index (χ0n) is 23.3. The second kappa shape index (κ2) is 22.6. The fourth-order valence-corrected chi connectivity index (χ4v) is 4.65. The van der Waals surface area contributed by atoms with Crippen molar-refractivity contribution < 1.29 is 54.1 Å². The first-order valence-electron chi connectivity index (χ1n) is 13.0. The van der Waals surface area contributed by atoms with E-state index in [1.807, 2.05) is 0 Å². The molecule has 2 fully saturated rings. The predicted octanol–water partition coefficient (Wildman–Crippen LogP) is 6.53. The van der Waals surface area contributed by atoms with Crippen LogP contribution in [-0.2, 0) is 34.6 Å². The molecule has 0 spiro atoms. The largest absolute Gasteiger partial charge is 0.358 e. The third kappa shape index (κ3) is 11.7. The van der Waals surface area contributed by atoms with Gasteiger partial charge in [0.2, 0.25) is 0 Å². The summed E-state index contributed by atoms with van der Waals surface area (Å²) in [6.07, 6.45) is 11.6. The normalized spacial score (nSPS) is 14.1. The number of esters is 2. The van der Waals surface area contributed by atoms with Gasteiger partial charge in [0, 0.05) is 29.4 Å². The Balaban J connectivity index is 0. The second-order valence-electron chi connectivity index (χ2n) is 9.14. The van der Waals surface area contributed by atoms with E-state index < -0.39 is 12.8 Å². The second-order valence-corrected chi connectivity index (χ2v) is 9.14. The molecule has 9 heteroatoms. The number of hydrogen-bond donors (Lipinski definition) is 1. The maximum absolute atomic E-state index is 12.5. The third-order valence-electron chi connectivity index (χ3n) is 6.61. The van der Waals surface area contributed by atoms with E-state index in [0.717, 1.165) is 25.7 Å². The molecule has 0 saturated heterocycles. The number of carbonyl (C=O) groups excluding carboxylic acids is 4. The molecule has 3 aliphatic rings. The Hall–Kier alpha value is -2.97. The van der Waals surface area contributed by atoms with Crippen LogP contribution in [0.3, 0.4) is 0 Å². The number of methoxy groups -OCH3 is 1. The molecule has 0 aromatic heterocycles. The van der Waals surface area contributed by atoms with E-state index in [2.05, 4.69) is 30.5 Å². The van der Waals surface area contributed by atoms with Gasteiger partial charge in [0.15, 0.2) is 25.2 Å². The maximum atomic E-state index is 12.5. The summed E-state index contributed by atoms with van der Waals surface area (Å²) in [5, 5.41) is 8.25. The quantitative estimate of drug-likeness (QED) is 0.147. The average Bonchev–Trinajstić information content (AvgIpc) is 3.74. The molecule has 0 atom stereocenters. The van der Waals surface area contributed by atoms with Gasteiger partial charge < -0.3 is 26.7 Å². The maximum Gasteiger partial charge on any atom is -0.358 e. The van der Waals surface area contributed by atoms with Crippen molar-refractivity contribution in [3.8, 4) is 0 Å². The van der Waals surface area contributed by atoms with Crippen LogP contribution in [0.1, 0.15) is 115 Å². The van der Waals surface area contributed by atoms with Gasteiger partial charge in [0.05, 0.1) is 11.5 Å². The van der Waals surface area contributed by atoms with Crippen LogP contribution in [0.4, 0.5) is 0 Å². The van der Waals surface area contributed by atoms with Gasteiger partial charge >= 0.3 is 32.9 Å². The summed E-state index contributed by atoms with van der Waals surface area (Å²) in [4.78, 5) is 47.6. The van der Waals surface area contributed by atoms with Crippen molar-refractivity contribution in [3.63, 3.8) is 0 Å². The number of aliphatic hydroxyl groups excluding tert-OH is 1. The molecule has 2 aromatic carbocycles. The topological polar surface area (TPSA) is 116 Å². The minimum atomic E-state index is -0.608. The Morgan fingerprint density at radius 2 is 1.29 bits per heavy atom. The van der Waals surface area contributed by atoms with Crippen LogP contribution < -0.4 is 0 Å². The van der Waals surface area contributed by atoms with Gasteiger partial charge in [-0.15, -0.1) is 0 Å². The van der Waals surface area contributed by atoms with Crippen molar-refractivity contribution in [2.45, 2.75) is 72.6 Å². The van der Waals surface area contributed by atoms with E-state index in [1.54, 1.807) is 24.3 Å². The molecule has 0 heterocycles. The summed E-state index contributed by atoms with van der Waals surface area (Å²) in [5.74, 6) is -1.27. The molecule has 8 nitrogen and oxygen atoms in total. The van der Waals surface area contributed by atoms with Crippen LogP contribution in [0.2, 0.25) is 0 Å². The van der Waals surface area contributed by atoms with E-state index in [9.17, 15) is 19.2 Å². The van der Waals surface area contributed by atoms with Crippen molar-refractivity contribution >= 4 is 28.9 Å². The molecule has 42 heavy (non-hydrogen) atoms. The molecule has 0 unspecified atom stereocenters. The first kappa shape index (κ1) is 41.2. The minimum absolute atomic E-state index is 0. The summed E-state index contributed by atoms with van der Waals surface area (Å²) >= 11 is 3.00. The van der Waals surface area contributed by atoms with Crippen molar-refractivity contribution in [1.29, 1.82) is 0 Å². The summed E-state index contributed by atoms with van der Waals surface area (Å²) in [6, 6.07) is 11.0. The molecule has 0 amide bonds. The smallest absolute Gasteiger partial charge is 0.358 e. The minimum Gasteiger partial charge on any atom is -0.358 e. The Kier molecular flexibility index (Phi) is 22.2. The molecule has 5 rings (SSSR count). The van der Waals surface area contributed by atoms with Crippen LogP contribution in [0.25, 0.3) is 0 Å². The van der Waals surface area contributed by atoms with Crippen LogP contribution in [0.15, 0.2) is 42.5 Å². The van der Waals surface area contributed by atoms with E-state index in [0.29, 0.717) is 16.7 Å². The average molecular weight is 628 g/mol. The fraction of sp³-hybridized carbons (Fsp3) is 0.455. The molecule has 235 valence electrons. The Morgan fingerprint density at radius 1 is 0.810 bits per heavy atom. The van der Waals surface area contributed by atoms with Gasteiger partial charge in [-0.2, -0.15) is 0 Å². The van der Waals surface area contributed by atoms with Gasteiger partial charge in [-0.25, -0.2) is 4.79 Å². The molecule has 2 saturated carbocycles. The molecular formula is C33H47FeO8. The summed E-state index contributed by atoms with van der Waals surface area (Å²) in [7, 11) is 1.40. The molecule has 3 aliphatic carbocycles.